The van der Waals surface area contributed by atoms with Crippen molar-refractivity contribution in [1.29, 1.82) is 0 Å². The molecule has 0 saturated heterocycles. The molecule has 0 unspecified atom stereocenters. The maximum absolute atomic E-state index is 12.2. The van der Waals surface area contributed by atoms with Crippen LogP contribution in [0, 0.1) is 0 Å². The van der Waals surface area contributed by atoms with Crippen LogP contribution in [-0.2, 0) is 4.79 Å². The first-order chi connectivity index (χ1) is 6.69. The van der Waals surface area contributed by atoms with Crippen molar-refractivity contribution in [3.63, 3.8) is 0 Å². The fourth-order valence-electron chi connectivity index (χ4n) is 0.499. The Labute approximate surface area is 86.2 Å². The van der Waals surface area contributed by atoms with Gasteiger partial charge in [0.1, 0.15) is 0 Å². The van der Waals surface area contributed by atoms with Gasteiger partial charge in [0.2, 0.25) is 0 Å². The zero-order valence-corrected chi connectivity index (χ0v) is 7.44. The quantitative estimate of drug-likeness (QED) is 0.574. The van der Waals surface area contributed by atoms with Crippen molar-refractivity contribution in [1.82, 2.24) is 0 Å². The molecule has 1 nitrogen and oxygen atoms in total. The van der Waals surface area contributed by atoms with Gasteiger partial charge in [-0.05, 0) is 11.6 Å². The molecule has 0 aliphatic carbocycles. The molecule has 0 bridgehead atoms. The van der Waals surface area contributed by atoms with Gasteiger partial charge in [0.05, 0.1) is 0 Å². The Balaban J connectivity index is 5.62. The average Bonchev–Trinajstić information content (AvgIpc) is 2.00. The first-order valence-electron chi connectivity index (χ1n) is 3.09. The summed E-state index contributed by atoms with van der Waals surface area (Å²) < 4.78 is 107. The van der Waals surface area contributed by atoms with Gasteiger partial charge >= 0.3 is 23.9 Å². The molecule has 0 radical (unpaired) electrons. The summed E-state index contributed by atoms with van der Waals surface area (Å²) >= 11 is 3.84. The van der Waals surface area contributed by atoms with E-state index in [9.17, 15) is 44.3 Å². The molecule has 0 aromatic carbocycles. The van der Waals surface area contributed by atoms with Crippen LogP contribution in [0.4, 0.5) is 39.5 Å². The molecule has 0 aromatic heterocycles. The van der Waals surface area contributed by atoms with Crippen LogP contribution in [-0.4, -0.2) is 29.2 Å². The maximum atomic E-state index is 12.2. The van der Waals surface area contributed by atoms with E-state index in [4.69, 9.17) is 0 Å². The Kier molecular flexibility index (Phi) is 3.52. The van der Waals surface area contributed by atoms with Crippen molar-refractivity contribution in [2.75, 3.05) is 0 Å². The minimum atomic E-state index is -7.09. The molecule has 0 heterocycles. The highest BCUT2D eigenvalue weighted by Crippen LogP contribution is 2.53. The Morgan fingerprint density at radius 3 is 1.25 bits per heavy atom. The minimum absolute atomic E-state index is 3.32. The summed E-state index contributed by atoms with van der Waals surface area (Å²) in [6, 6.07) is 0. The summed E-state index contributed by atoms with van der Waals surface area (Å²) in [7, 11) is 0. The van der Waals surface area contributed by atoms with Crippen molar-refractivity contribution in [3.05, 3.63) is 0 Å². The largest absolute Gasteiger partial charge is 0.460 e. The van der Waals surface area contributed by atoms with Crippen LogP contribution < -0.4 is 0 Å². The van der Waals surface area contributed by atoms with Gasteiger partial charge in [0.15, 0.2) is 0 Å². The molecule has 0 N–H and O–H groups in total. The molecule has 0 saturated carbocycles. The predicted molar refractivity (Wildman–Crippen MR) is 31.8 cm³/mol. The lowest BCUT2D eigenvalue weighted by molar-refractivity contribution is -0.387. The Hall–Kier alpha value is -0.670. The summed E-state index contributed by atoms with van der Waals surface area (Å²) in [5.74, 6) is -20.4. The molecule has 0 rings (SSSR count). The zero-order valence-electron chi connectivity index (χ0n) is 6.69. The minimum Gasteiger partial charge on any atom is -0.274 e. The van der Waals surface area contributed by atoms with E-state index in [0.717, 1.165) is 0 Å². The van der Waals surface area contributed by atoms with Gasteiger partial charge in [-0.25, -0.2) is 0 Å². The second kappa shape index (κ2) is 3.67. The van der Waals surface area contributed by atoms with Crippen molar-refractivity contribution < 1.29 is 44.3 Å². The molecule has 0 aliphatic rings. The molecule has 0 amide bonds. The number of rotatable bonds is 3. The van der Waals surface area contributed by atoms with Crippen LogP contribution in [0.1, 0.15) is 0 Å². The highest BCUT2D eigenvalue weighted by molar-refractivity contribution is 6.65. The van der Waals surface area contributed by atoms with Gasteiger partial charge in [-0.15, -0.1) is 0 Å². The predicted octanol–water partition coefficient (Wildman–Crippen LogP) is 3.22. The molecule has 0 fully saturated rings. The van der Waals surface area contributed by atoms with Gasteiger partial charge in [-0.2, -0.15) is 39.5 Å². The van der Waals surface area contributed by atoms with Gasteiger partial charge in [0, 0.05) is 0 Å². The molecule has 0 aliphatic heterocycles. The smallest absolute Gasteiger partial charge is 0.274 e. The first kappa shape index (κ1) is 15.3. The van der Waals surface area contributed by atoms with Crippen LogP contribution in [0.15, 0.2) is 0 Å². The zero-order chi connectivity index (χ0) is 13.6. The molecule has 96 valence electrons. The van der Waals surface area contributed by atoms with Crippen LogP contribution in [0.2, 0.25) is 0 Å². The van der Waals surface area contributed by atoms with Crippen LogP contribution in [0.3, 0.4) is 0 Å². The number of carbonyl (C=O) groups excluding carboxylic acids is 1. The molecule has 0 aromatic rings. The third kappa shape index (κ3) is 1.94. The lowest BCUT2D eigenvalue weighted by Crippen LogP contribution is -2.62. The third-order valence-corrected chi connectivity index (χ3v) is 1.63. The lowest BCUT2D eigenvalue weighted by Gasteiger charge is -2.31. The van der Waals surface area contributed by atoms with Gasteiger partial charge < -0.3 is 0 Å². The van der Waals surface area contributed by atoms with Crippen LogP contribution >= 0.6 is 11.6 Å². The summed E-state index contributed by atoms with van der Waals surface area (Å²) in [5.41, 5.74) is 0. The molecule has 16 heavy (non-hydrogen) atoms. The number of alkyl halides is 9. The number of halogens is 10. The Morgan fingerprint density at radius 1 is 0.750 bits per heavy atom. The van der Waals surface area contributed by atoms with Crippen LogP contribution in [0.25, 0.3) is 0 Å². The summed E-state index contributed by atoms with van der Waals surface area (Å²) in [6.07, 6.45) is -6.95. The van der Waals surface area contributed by atoms with E-state index >= 15 is 0 Å². The highest BCUT2D eigenvalue weighted by Gasteiger charge is 2.83. The molecular formula is C5ClF9O. The van der Waals surface area contributed by atoms with E-state index in [1.165, 1.54) is 0 Å². The van der Waals surface area contributed by atoms with Crippen molar-refractivity contribution >= 4 is 16.8 Å². The molecule has 0 atom stereocenters. The van der Waals surface area contributed by atoms with E-state index in [-0.39, 0.29) is 0 Å². The van der Waals surface area contributed by atoms with Crippen LogP contribution in [0.5, 0.6) is 0 Å². The monoisotopic (exact) mass is 282 g/mol. The summed E-state index contributed by atoms with van der Waals surface area (Å²) in [5, 5.41) is -3.32. The molecular weight excluding hydrogens is 282 g/mol. The number of hydrogen-bond acceptors (Lipinski definition) is 1. The first-order valence-corrected chi connectivity index (χ1v) is 3.47. The molecule has 11 heteroatoms. The SMILES string of the molecule is O=C(Cl)C(F)(F)C(F)(F)C(F)(F)C(F)(F)F. The van der Waals surface area contributed by atoms with E-state index in [1.807, 2.05) is 0 Å². The normalized spacial score (nSPS) is 15.1. The Morgan fingerprint density at radius 2 is 1.06 bits per heavy atom. The van der Waals surface area contributed by atoms with Gasteiger partial charge in [-0.3, -0.25) is 4.79 Å². The van der Waals surface area contributed by atoms with Crippen molar-refractivity contribution in [2.24, 2.45) is 0 Å². The Bertz CT molecular complexity index is 293. The maximum Gasteiger partial charge on any atom is 0.460 e. The van der Waals surface area contributed by atoms with Gasteiger partial charge in [0.25, 0.3) is 5.24 Å². The summed E-state index contributed by atoms with van der Waals surface area (Å²) in [4.78, 5) is 9.72. The van der Waals surface area contributed by atoms with E-state index in [1.54, 1.807) is 0 Å². The highest BCUT2D eigenvalue weighted by atomic mass is 35.5. The molecule has 0 spiro atoms. The van der Waals surface area contributed by atoms with E-state index in [2.05, 4.69) is 11.6 Å². The number of carbonyl (C=O) groups is 1. The standard InChI is InChI=1S/C5ClF9O/c6-1(16)2(7,8)3(9,10)4(11,12)5(13,14)15. The lowest BCUT2D eigenvalue weighted by atomic mass is 10.1. The fourth-order valence-corrected chi connectivity index (χ4v) is 0.617. The van der Waals surface area contributed by atoms with E-state index in [0.29, 0.717) is 0 Å². The third-order valence-electron chi connectivity index (χ3n) is 1.39. The topological polar surface area (TPSA) is 17.1 Å². The summed E-state index contributed by atoms with van der Waals surface area (Å²) in [6.45, 7) is 0. The average molecular weight is 282 g/mol. The van der Waals surface area contributed by atoms with Gasteiger partial charge in [-0.1, -0.05) is 0 Å². The second-order valence-corrected chi connectivity index (χ2v) is 2.84. The van der Waals surface area contributed by atoms with Crippen molar-refractivity contribution in [3.8, 4) is 0 Å². The number of hydrogen-bond donors (Lipinski definition) is 0. The van der Waals surface area contributed by atoms with Crippen molar-refractivity contribution in [2.45, 2.75) is 23.9 Å². The fraction of sp³-hybridized carbons (Fsp3) is 0.800. The van der Waals surface area contributed by atoms with E-state index < -0.39 is 29.2 Å². The second-order valence-electron chi connectivity index (χ2n) is 2.49.